The lowest BCUT2D eigenvalue weighted by molar-refractivity contribution is 0.666. The van der Waals surface area contributed by atoms with Crippen LogP contribution in [0.3, 0.4) is 0 Å². The first kappa shape index (κ1) is 30.5. The molecule has 12 rings (SSSR count). The molecule has 0 spiro atoms. The summed E-state index contributed by atoms with van der Waals surface area (Å²) in [7, 11) is 0. The summed E-state index contributed by atoms with van der Waals surface area (Å²) < 4.78 is 4.94. The predicted octanol–water partition coefficient (Wildman–Crippen LogP) is 13.6. The highest BCUT2D eigenvalue weighted by atomic mass is 15.0. The van der Waals surface area contributed by atoms with Crippen molar-refractivity contribution in [1.29, 1.82) is 0 Å². The molecule has 3 heteroatoms. The molecule has 0 amide bonds. The van der Waals surface area contributed by atoms with E-state index in [0.29, 0.717) is 0 Å². The Bertz CT molecular complexity index is 3400. The molecule has 258 valence electrons. The predicted molar refractivity (Wildman–Crippen MR) is 231 cm³/mol. The van der Waals surface area contributed by atoms with E-state index >= 15 is 0 Å². The van der Waals surface area contributed by atoms with Gasteiger partial charge in [-0.05, 0) is 70.1 Å². The number of aromatic nitrogens is 3. The molecule has 0 saturated heterocycles. The fourth-order valence-corrected chi connectivity index (χ4v) is 9.93. The van der Waals surface area contributed by atoms with Crippen molar-refractivity contribution in [2.45, 2.75) is 19.3 Å². The average molecular weight is 702 g/mol. The Balaban J connectivity index is 1.20. The van der Waals surface area contributed by atoms with Crippen molar-refractivity contribution >= 4 is 65.3 Å². The number of hydrogen-bond donors (Lipinski definition) is 0. The minimum atomic E-state index is -0.189. The second-order valence-electron chi connectivity index (χ2n) is 15.5. The van der Waals surface area contributed by atoms with Crippen molar-refractivity contribution in [2.75, 3.05) is 0 Å². The largest absolute Gasteiger partial charge is 0.307 e. The lowest BCUT2D eigenvalue weighted by Crippen LogP contribution is -2.16. The summed E-state index contributed by atoms with van der Waals surface area (Å²) in [5.74, 6) is 0. The third-order valence-corrected chi connectivity index (χ3v) is 12.2. The molecular formula is C52H35N3. The Morgan fingerprint density at radius 2 is 1.02 bits per heavy atom. The summed E-state index contributed by atoms with van der Waals surface area (Å²) in [4.78, 5) is 5.55. The smallest absolute Gasteiger partial charge is 0.0792 e. The van der Waals surface area contributed by atoms with Gasteiger partial charge in [-0.3, -0.25) is 0 Å². The van der Waals surface area contributed by atoms with Crippen molar-refractivity contribution in [1.82, 2.24) is 14.1 Å². The zero-order valence-corrected chi connectivity index (χ0v) is 30.6. The van der Waals surface area contributed by atoms with Crippen LogP contribution in [0.25, 0.3) is 99.0 Å². The molecule has 0 radical (unpaired) electrons. The molecule has 3 aromatic heterocycles. The normalized spacial score (nSPS) is 13.4. The van der Waals surface area contributed by atoms with Crippen molar-refractivity contribution in [3.63, 3.8) is 0 Å². The zero-order valence-electron chi connectivity index (χ0n) is 30.6. The number of fused-ring (bicyclic) bond motifs is 14. The average Bonchev–Trinajstić information content (AvgIpc) is 3.84. The van der Waals surface area contributed by atoms with Crippen LogP contribution in [0.15, 0.2) is 176 Å². The van der Waals surface area contributed by atoms with Crippen molar-refractivity contribution in [3.8, 4) is 33.8 Å². The summed E-state index contributed by atoms with van der Waals surface area (Å²) in [6, 6.07) is 64.4. The summed E-state index contributed by atoms with van der Waals surface area (Å²) in [6.07, 6.45) is 0. The SMILES string of the molecule is CC1(C)c2ccccc2-c2ccc3c(c(-c4cccc(-n5c6ccccc6c6ccc7c8ccccc8n(-c8ccccc8)c7c65)c4)nc4ccccc43)c21. The number of hydrogen-bond acceptors (Lipinski definition) is 1. The highest BCUT2D eigenvalue weighted by Crippen LogP contribution is 2.53. The third-order valence-electron chi connectivity index (χ3n) is 12.2. The lowest BCUT2D eigenvalue weighted by Gasteiger charge is -2.25. The topological polar surface area (TPSA) is 22.8 Å². The van der Waals surface area contributed by atoms with E-state index in [9.17, 15) is 0 Å². The first-order chi connectivity index (χ1) is 27.1. The monoisotopic (exact) mass is 701 g/mol. The summed E-state index contributed by atoms with van der Waals surface area (Å²) in [5, 5.41) is 8.64. The molecule has 0 saturated carbocycles. The molecule has 0 bridgehead atoms. The molecule has 3 heterocycles. The molecule has 3 nitrogen and oxygen atoms in total. The first-order valence-corrected chi connectivity index (χ1v) is 19.2. The van der Waals surface area contributed by atoms with E-state index in [2.05, 4.69) is 199 Å². The minimum Gasteiger partial charge on any atom is -0.307 e. The van der Waals surface area contributed by atoms with E-state index in [0.717, 1.165) is 28.1 Å². The van der Waals surface area contributed by atoms with Gasteiger partial charge in [0, 0.05) is 54.7 Å². The summed E-state index contributed by atoms with van der Waals surface area (Å²) in [5.41, 5.74) is 15.4. The molecule has 0 atom stereocenters. The van der Waals surface area contributed by atoms with Crippen LogP contribution in [0.2, 0.25) is 0 Å². The van der Waals surface area contributed by atoms with Crippen LogP contribution in [0.4, 0.5) is 0 Å². The van der Waals surface area contributed by atoms with Gasteiger partial charge >= 0.3 is 0 Å². The van der Waals surface area contributed by atoms with Gasteiger partial charge in [-0.1, -0.05) is 147 Å². The van der Waals surface area contributed by atoms with E-state index in [1.807, 2.05) is 0 Å². The van der Waals surface area contributed by atoms with Crippen molar-refractivity contribution < 1.29 is 0 Å². The molecule has 1 aliphatic carbocycles. The van der Waals surface area contributed by atoms with Crippen LogP contribution < -0.4 is 0 Å². The molecular weight excluding hydrogens is 667 g/mol. The van der Waals surface area contributed by atoms with Gasteiger partial charge in [0.2, 0.25) is 0 Å². The van der Waals surface area contributed by atoms with Gasteiger partial charge in [0.05, 0.1) is 33.3 Å². The maximum atomic E-state index is 5.55. The van der Waals surface area contributed by atoms with Gasteiger partial charge in [0.1, 0.15) is 0 Å². The third kappa shape index (κ3) is 4.07. The molecule has 55 heavy (non-hydrogen) atoms. The van der Waals surface area contributed by atoms with Crippen molar-refractivity contribution in [3.05, 3.63) is 187 Å². The minimum absolute atomic E-state index is 0.189. The number of para-hydroxylation sites is 4. The fraction of sp³-hybridized carbons (Fsp3) is 0.0577. The van der Waals surface area contributed by atoms with E-state index in [-0.39, 0.29) is 5.41 Å². The highest BCUT2D eigenvalue weighted by molar-refractivity contribution is 6.24. The van der Waals surface area contributed by atoms with E-state index in [1.54, 1.807) is 0 Å². The van der Waals surface area contributed by atoms with Gasteiger partial charge in [0.25, 0.3) is 0 Å². The zero-order chi connectivity index (χ0) is 36.4. The Morgan fingerprint density at radius 1 is 0.436 bits per heavy atom. The van der Waals surface area contributed by atoms with Crippen LogP contribution in [0, 0.1) is 0 Å². The van der Waals surface area contributed by atoms with Crippen LogP contribution in [-0.2, 0) is 5.41 Å². The lowest BCUT2D eigenvalue weighted by atomic mass is 9.79. The molecule has 1 aliphatic rings. The highest BCUT2D eigenvalue weighted by Gasteiger charge is 2.38. The Labute approximate surface area is 318 Å². The van der Waals surface area contributed by atoms with Crippen LogP contribution >= 0.6 is 0 Å². The van der Waals surface area contributed by atoms with Gasteiger partial charge in [0.15, 0.2) is 0 Å². The maximum Gasteiger partial charge on any atom is 0.0792 e. The molecule has 0 unspecified atom stereocenters. The number of nitrogens with zero attached hydrogens (tertiary/aromatic N) is 3. The van der Waals surface area contributed by atoms with Gasteiger partial charge in [-0.2, -0.15) is 0 Å². The van der Waals surface area contributed by atoms with Gasteiger partial charge in [-0.15, -0.1) is 0 Å². The molecule has 0 N–H and O–H groups in total. The summed E-state index contributed by atoms with van der Waals surface area (Å²) in [6.45, 7) is 4.75. The fourth-order valence-electron chi connectivity index (χ4n) is 9.93. The molecule has 0 fully saturated rings. The Morgan fingerprint density at radius 3 is 1.76 bits per heavy atom. The number of pyridine rings is 1. The van der Waals surface area contributed by atoms with Crippen LogP contribution in [0.5, 0.6) is 0 Å². The Kier molecular flexibility index (Phi) is 6.12. The molecule has 11 aromatic rings. The molecule has 8 aromatic carbocycles. The van der Waals surface area contributed by atoms with E-state index < -0.39 is 0 Å². The van der Waals surface area contributed by atoms with Gasteiger partial charge < -0.3 is 9.13 Å². The molecule has 0 aliphatic heterocycles. The van der Waals surface area contributed by atoms with Crippen molar-refractivity contribution in [2.24, 2.45) is 0 Å². The quantitative estimate of drug-likeness (QED) is 0.168. The standard InChI is InChI=1S/C52H35N3/c1-52(2)43-23-10-6-19-35(43)40-28-27-39-36-20-7-11-24-44(36)53-49(47(39)48(40)52)32-15-14-18-34(31-32)55-46-26-13-9-22-38(46)42-30-29-41-37-21-8-12-25-45(37)54(50(41)51(42)55)33-16-4-3-5-17-33/h3-31H,1-2H3. The maximum absolute atomic E-state index is 5.55. The van der Waals surface area contributed by atoms with Crippen LogP contribution in [0.1, 0.15) is 25.0 Å². The van der Waals surface area contributed by atoms with E-state index in [1.165, 1.54) is 82.0 Å². The Hall–Kier alpha value is -6.97. The summed E-state index contributed by atoms with van der Waals surface area (Å²) >= 11 is 0. The van der Waals surface area contributed by atoms with E-state index in [4.69, 9.17) is 4.98 Å². The number of benzene rings is 8. The number of rotatable bonds is 3. The first-order valence-electron chi connectivity index (χ1n) is 19.2. The second-order valence-corrected chi connectivity index (χ2v) is 15.5. The van der Waals surface area contributed by atoms with Crippen LogP contribution in [-0.4, -0.2) is 14.1 Å². The van der Waals surface area contributed by atoms with Gasteiger partial charge in [-0.25, -0.2) is 4.98 Å². The second kappa shape index (κ2) is 11.0.